The van der Waals surface area contributed by atoms with E-state index in [1.54, 1.807) is 0 Å². The number of hydrogen-bond donors (Lipinski definition) is 2. The summed E-state index contributed by atoms with van der Waals surface area (Å²) in [6, 6.07) is 0. The molecule has 0 bridgehead atoms. The van der Waals surface area contributed by atoms with E-state index in [0.29, 0.717) is 23.7 Å². The van der Waals surface area contributed by atoms with Gasteiger partial charge in [0.15, 0.2) is 0 Å². The molecule has 29 heavy (non-hydrogen) atoms. The van der Waals surface area contributed by atoms with Crippen molar-refractivity contribution in [2.75, 3.05) is 0 Å². The smallest absolute Gasteiger partial charge is 0.333 e. The molecule has 2 fully saturated rings. The third kappa shape index (κ3) is 4.25. The highest BCUT2D eigenvalue weighted by molar-refractivity contribution is 5.85. The van der Waals surface area contributed by atoms with Crippen LogP contribution in [-0.4, -0.2) is 28.6 Å². The van der Waals surface area contributed by atoms with E-state index in [4.69, 9.17) is 0 Å². The van der Waals surface area contributed by atoms with E-state index in [0.717, 1.165) is 12.8 Å². The molecule has 0 saturated heterocycles. The van der Waals surface area contributed by atoms with Gasteiger partial charge in [0, 0.05) is 11.6 Å². The van der Waals surface area contributed by atoms with Crippen molar-refractivity contribution in [3.63, 3.8) is 0 Å². The van der Waals surface area contributed by atoms with Crippen LogP contribution in [0.1, 0.15) is 79.1 Å². The van der Waals surface area contributed by atoms with Crippen molar-refractivity contribution in [2.45, 2.75) is 91.5 Å². The van der Waals surface area contributed by atoms with Crippen molar-refractivity contribution in [3.8, 4) is 0 Å². The Kier molecular flexibility index (Phi) is 6.45. The quantitative estimate of drug-likeness (QED) is 0.481. The van der Waals surface area contributed by atoms with E-state index >= 15 is 0 Å². The molecule has 2 saturated carbocycles. The minimum atomic E-state index is -1.31. The number of carbonyl (C=O) groups is 1. The average Bonchev–Trinajstić information content (AvgIpc) is 3.01. The predicted molar refractivity (Wildman–Crippen MR) is 115 cm³/mol. The van der Waals surface area contributed by atoms with E-state index in [1.807, 2.05) is 6.08 Å². The van der Waals surface area contributed by atoms with Crippen molar-refractivity contribution in [2.24, 2.45) is 22.7 Å². The van der Waals surface area contributed by atoms with Gasteiger partial charge in [-0.25, -0.2) is 4.79 Å². The van der Waals surface area contributed by atoms with Crippen LogP contribution in [0.5, 0.6) is 0 Å². The lowest BCUT2D eigenvalue weighted by Gasteiger charge is -2.59. The highest BCUT2D eigenvalue weighted by Crippen LogP contribution is 2.62. The largest absolute Gasteiger partial charge is 0.429 e. The first kappa shape index (κ1) is 22.3. The van der Waals surface area contributed by atoms with Crippen LogP contribution >= 0.6 is 0 Å². The highest BCUT2D eigenvalue weighted by Gasteiger charge is 2.53. The summed E-state index contributed by atoms with van der Waals surface area (Å²) in [5.74, 6) is 0.802. The second-order valence-corrected chi connectivity index (χ2v) is 10.1. The highest BCUT2D eigenvalue weighted by atomic mass is 16.6. The van der Waals surface area contributed by atoms with E-state index in [2.05, 4.69) is 39.0 Å². The molecule has 0 aromatic rings. The second kappa shape index (κ2) is 8.39. The van der Waals surface area contributed by atoms with Gasteiger partial charge in [-0.15, -0.1) is 0 Å². The third-order valence-corrected chi connectivity index (χ3v) is 8.50. The van der Waals surface area contributed by atoms with Gasteiger partial charge in [0.1, 0.15) is 0 Å². The lowest BCUT2D eigenvalue weighted by Crippen LogP contribution is -2.50. The number of aliphatic hydroxyl groups is 2. The van der Waals surface area contributed by atoms with Gasteiger partial charge in [0.25, 0.3) is 0 Å². The summed E-state index contributed by atoms with van der Waals surface area (Å²) in [5, 5.41) is 20.0. The molecule has 6 unspecified atom stereocenters. The summed E-state index contributed by atoms with van der Waals surface area (Å²) in [5.41, 5.74) is 3.55. The molecule has 3 aliphatic rings. The molecule has 162 valence electrons. The molecule has 0 spiro atoms. The molecule has 3 rings (SSSR count). The second-order valence-electron chi connectivity index (χ2n) is 10.1. The van der Waals surface area contributed by atoms with Crippen LogP contribution in [0, 0.1) is 22.7 Å². The van der Waals surface area contributed by atoms with E-state index in [9.17, 15) is 15.0 Å². The van der Waals surface area contributed by atoms with Gasteiger partial charge in [0.05, 0.1) is 6.10 Å². The van der Waals surface area contributed by atoms with Crippen molar-refractivity contribution in [1.82, 2.24) is 0 Å². The summed E-state index contributed by atoms with van der Waals surface area (Å²) < 4.78 is 4.66. The number of allylic oxidation sites excluding steroid dienone is 2. The normalized spacial score (nSPS) is 39.0. The SMILES string of the molecule is C=C1CCCC2C1(C)CCC(C)C2(C)CCC(C)=CCC(O)C1=CC(=O)OC1O. The molecule has 2 aliphatic carbocycles. The molecule has 0 amide bonds. The van der Waals surface area contributed by atoms with E-state index in [-0.39, 0.29) is 11.0 Å². The Morgan fingerprint density at radius 1 is 1.41 bits per heavy atom. The predicted octanol–water partition coefficient (Wildman–Crippen LogP) is 5.06. The molecule has 2 N–H and O–H groups in total. The number of esters is 1. The lowest BCUT2D eigenvalue weighted by molar-refractivity contribution is -0.151. The van der Waals surface area contributed by atoms with Crippen LogP contribution in [0.15, 0.2) is 35.5 Å². The Bertz CT molecular complexity index is 720. The number of fused-ring (bicyclic) bond motifs is 1. The number of carbonyl (C=O) groups excluding carboxylic acids is 1. The number of hydrogen-bond acceptors (Lipinski definition) is 4. The number of aliphatic hydroxyl groups excluding tert-OH is 2. The summed E-state index contributed by atoms with van der Waals surface area (Å²) in [6.07, 6.45) is 9.85. The van der Waals surface area contributed by atoms with Crippen molar-refractivity contribution >= 4 is 5.97 Å². The fraction of sp³-hybridized carbons (Fsp3) is 0.720. The fourth-order valence-corrected chi connectivity index (χ4v) is 6.09. The van der Waals surface area contributed by atoms with E-state index < -0.39 is 18.4 Å². The van der Waals surface area contributed by atoms with Crippen LogP contribution in [-0.2, 0) is 9.53 Å². The van der Waals surface area contributed by atoms with Crippen LogP contribution in [0.25, 0.3) is 0 Å². The summed E-state index contributed by atoms with van der Waals surface area (Å²) in [4.78, 5) is 11.2. The molecular weight excluding hydrogens is 364 g/mol. The summed E-state index contributed by atoms with van der Waals surface area (Å²) in [7, 11) is 0. The van der Waals surface area contributed by atoms with Gasteiger partial charge >= 0.3 is 5.97 Å². The fourth-order valence-electron chi connectivity index (χ4n) is 6.09. The maximum atomic E-state index is 11.2. The Labute approximate surface area is 175 Å². The maximum absolute atomic E-state index is 11.2. The Morgan fingerprint density at radius 3 is 2.79 bits per heavy atom. The van der Waals surface area contributed by atoms with Gasteiger partial charge < -0.3 is 14.9 Å². The van der Waals surface area contributed by atoms with Crippen LogP contribution in [0.4, 0.5) is 0 Å². The van der Waals surface area contributed by atoms with Gasteiger partial charge in [0.2, 0.25) is 6.29 Å². The Balaban J connectivity index is 1.64. The van der Waals surface area contributed by atoms with Crippen LogP contribution in [0.3, 0.4) is 0 Å². The maximum Gasteiger partial charge on any atom is 0.333 e. The lowest BCUT2D eigenvalue weighted by atomic mass is 9.46. The monoisotopic (exact) mass is 402 g/mol. The molecule has 6 atom stereocenters. The summed E-state index contributed by atoms with van der Waals surface area (Å²) in [6.45, 7) is 13.9. The van der Waals surface area contributed by atoms with Crippen molar-refractivity contribution < 1.29 is 19.7 Å². The van der Waals surface area contributed by atoms with Gasteiger partial charge in [-0.2, -0.15) is 0 Å². The Hall–Kier alpha value is -1.39. The van der Waals surface area contributed by atoms with Gasteiger partial charge in [-0.3, -0.25) is 0 Å². The number of rotatable bonds is 6. The third-order valence-electron chi connectivity index (χ3n) is 8.50. The Morgan fingerprint density at radius 2 is 2.14 bits per heavy atom. The molecule has 0 radical (unpaired) electrons. The zero-order valence-corrected chi connectivity index (χ0v) is 18.5. The number of cyclic esters (lactones) is 1. The molecule has 4 nitrogen and oxygen atoms in total. The summed E-state index contributed by atoms with van der Waals surface area (Å²) >= 11 is 0. The van der Waals surface area contributed by atoms with E-state index in [1.165, 1.54) is 49.3 Å². The minimum absolute atomic E-state index is 0.253. The average molecular weight is 403 g/mol. The standard InChI is InChI=1S/C25H38O4/c1-16(9-10-20(26)19-15-22(27)29-23(19)28)11-13-24(4)18(3)12-14-25(5)17(2)7-6-8-21(24)25/h9,15,18,20-21,23,26,28H,2,6-8,10-14H2,1,3-5H3. The molecule has 1 heterocycles. The minimum Gasteiger partial charge on any atom is -0.429 e. The first-order valence-electron chi connectivity index (χ1n) is 11.2. The molecule has 1 aliphatic heterocycles. The zero-order valence-electron chi connectivity index (χ0n) is 18.5. The van der Waals surface area contributed by atoms with Crippen molar-refractivity contribution in [3.05, 3.63) is 35.5 Å². The van der Waals surface area contributed by atoms with Crippen LogP contribution in [0.2, 0.25) is 0 Å². The molecule has 4 heteroatoms. The molecule has 0 aromatic carbocycles. The molecular formula is C25H38O4. The topological polar surface area (TPSA) is 66.8 Å². The first-order valence-corrected chi connectivity index (χ1v) is 11.2. The zero-order chi connectivity index (χ0) is 21.4. The molecule has 0 aromatic heterocycles. The van der Waals surface area contributed by atoms with Gasteiger partial charge in [-0.05, 0) is 81.0 Å². The number of ether oxygens (including phenoxy) is 1. The van der Waals surface area contributed by atoms with Crippen LogP contribution < -0.4 is 0 Å². The van der Waals surface area contributed by atoms with Crippen molar-refractivity contribution in [1.29, 1.82) is 0 Å². The first-order chi connectivity index (χ1) is 13.6. The van der Waals surface area contributed by atoms with Gasteiger partial charge in [-0.1, -0.05) is 44.6 Å².